The molecular weight excluding hydrogens is 404 g/mol. The van der Waals surface area contributed by atoms with E-state index in [1.807, 2.05) is 6.07 Å². The molecule has 3 N–H and O–H groups in total. The third kappa shape index (κ3) is 3.35. The average Bonchev–Trinajstić information content (AvgIpc) is 3.21. The number of nitrogens with two attached hydrogens (primary N) is 1. The molecule has 152 valence electrons. The van der Waals surface area contributed by atoms with Crippen LogP contribution in [0.15, 0.2) is 83.0 Å². The molecule has 1 heterocycles. The molecule has 0 aliphatic heterocycles. The number of aromatic nitrogens is 1. The molecule has 8 nitrogen and oxygen atoms in total. The second-order valence-electron chi connectivity index (χ2n) is 6.53. The number of benzene rings is 3. The van der Waals surface area contributed by atoms with Gasteiger partial charge in [-0.2, -0.15) is 0 Å². The van der Waals surface area contributed by atoms with Crippen LogP contribution in [0, 0.1) is 4.91 Å². The molecule has 0 spiro atoms. The topological polar surface area (TPSA) is 116 Å². The normalized spacial score (nSPS) is 11.4. The largest absolute Gasteiger partial charge is 0.497 e. The van der Waals surface area contributed by atoms with Crippen LogP contribution in [0.1, 0.15) is 0 Å². The lowest BCUT2D eigenvalue weighted by atomic mass is 10.2. The maximum Gasteiger partial charge on any atom is 0.268 e. The van der Waals surface area contributed by atoms with E-state index in [-0.39, 0.29) is 16.1 Å². The second-order valence-corrected chi connectivity index (χ2v) is 8.34. The second kappa shape index (κ2) is 7.53. The molecule has 0 saturated carbocycles. The van der Waals surface area contributed by atoms with Gasteiger partial charge in [-0.1, -0.05) is 6.07 Å². The SMILES string of the molecule is COc1ccc(S(=O)(=O)n2ccc3c(Nc4cccc(N)c4)ccc(N=O)c32)cc1. The molecule has 1 aromatic heterocycles. The van der Waals surface area contributed by atoms with Crippen molar-refractivity contribution in [1.82, 2.24) is 3.97 Å². The molecule has 0 amide bonds. The van der Waals surface area contributed by atoms with Crippen molar-refractivity contribution in [2.24, 2.45) is 5.18 Å². The quantitative estimate of drug-likeness (QED) is 0.346. The molecular formula is C21H18N4O4S. The molecule has 4 aromatic rings. The first-order valence-electron chi connectivity index (χ1n) is 8.93. The summed E-state index contributed by atoms with van der Waals surface area (Å²) in [6.07, 6.45) is 1.41. The van der Waals surface area contributed by atoms with E-state index >= 15 is 0 Å². The highest BCUT2D eigenvalue weighted by Crippen LogP contribution is 2.36. The van der Waals surface area contributed by atoms with E-state index in [2.05, 4.69) is 10.5 Å². The summed E-state index contributed by atoms with van der Waals surface area (Å²) in [5, 5.41) is 6.77. The summed E-state index contributed by atoms with van der Waals surface area (Å²) in [5.74, 6) is 0.537. The van der Waals surface area contributed by atoms with Crippen LogP contribution in [0.3, 0.4) is 0 Å². The molecule has 0 aliphatic carbocycles. The van der Waals surface area contributed by atoms with Crippen LogP contribution in [0.2, 0.25) is 0 Å². The number of nitrogens with one attached hydrogen (secondary N) is 1. The van der Waals surface area contributed by atoms with Gasteiger partial charge < -0.3 is 15.8 Å². The lowest BCUT2D eigenvalue weighted by Crippen LogP contribution is -2.11. The van der Waals surface area contributed by atoms with Crippen molar-refractivity contribution < 1.29 is 13.2 Å². The van der Waals surface area contributed by atoms with E-state index in [1.165, 1.54) is 31.5 Å². The third-order valence-corrected chi connectivity index (χ3v) is 6.36. The van der Waals surface area contributed by atoms with Gasteiger partial charge in [-0.25, -0.2) is 12.4 Å². The predicted molar refractivity (Wildman–Crippen MR) is 117 cm³/mol. The minimum Gasteiger partial charge on any atom is -0.497 e. The zero-order valence-corrected chi connectivity index (χ0v) is 16.8. The third-order valence-electron chi connectivity index (χ3n) is 4.67. The first-order chi connectivity index (χ1) is 14.4. The van der Waals surface area contributed by atoms with Gasteiger partial charge in [-0.15, -0.1) is 4.91 Å². The first kappa shape index (κ1) is 19.5. The van der Waals surface area contributed by atoms with Crippen molar-refractivity contribution in [3.05, 3.63) is 77.8 Å². The standard InChI is InChI=1S/C21H18N4O4S/c1-29-16-5-7-17(8-6-16)30(27,28)25-12-11-18-19(9-10-20(24-26)21(18)25)23-15-4-2-3-14(22)13-15/h2-13,23H,22H2,1H3. The van der Waals surface area contributed by atoms with E-state index in [1.54, 1.807) is 42.5 Å². The monoisotopic (exact) mass is 422 g/mol. The number of hydrogen-bond acceptors (Lipinski definition) is 7. The van der Waals surface area contributed by atoms with Crippen LogP contribution < -0.4 is 15.8 Å². The Labute approximate surface area is 172 Å². The van der Waals surface area contributed by atoms with Gasteiger partial charge in [-0.05, 0) is 65.8 Å². The maximum atomic E-state index is 13.2. The summed E-state index contributed by atoms with van der Waals surface area (Å²) < 4.78 is 32.6. The van der Waals surface area contributed by atoms with Crippen LogP contribution in [0.4, 0.5) is 22.7 Å². The average molecular weight is 422 g/mol. The van der Waals surface area contributed by atoms with Crippen LogP contribution in [0.25, 0.3) is 10.9 Å². The molecule has 0 aliphatic rings. The van der Waals surface area contributed by atoms with Gasteiger partial charge >= 0.3 is 0 Å². The molecule has 0 fully saturated rings. The fraction of sp³-hybridized carbons (Fsp3) is 0.0476. The number of rotatable bonds is 6. The van der Waals surface area contributed by atoms with Crippen molar-refractivity contribution >= 4 is 43.7 Å². The number of nitroso groups, excluding NO2 is 1. The predicted octanol–water partition coefficient (Wildman–Crippen LogP) is 4.61. The fourth-order valence-electron chi connectivity index (χ4n) is 3.23. The van der Waals surface area contributed by atoms with Gasteiger partial charge in [-0.3, -0.25) is 0 Å². The van der Waals surface area contributed by atoms with E-state index in [9.17, 15) is 13.3 Å². The van der Waals surface area contributed by atoms with Crippen molar-refractivity contribution in [2.45, 2.75) is 4.90 Å². The Kier molecular flexibility index (Phi) is 4.88. The lowest BCUT2D eigenvalue weighted by Gasteiger charge is -2.12. The molecule has 0 saturated heterocycles. The highest BCUT2D eigenvalue weighted by atomic mass is 32.2. The number of anilines is 3. The molecule has 0 atom stereocenters. The molecule has 9 heteroatoms. The van der Waals surface area contributed by atoms with Crippen LogP contribution in [-0.4, -0.2) is 19.5 Å². The Balaban J connectivity index is 1.86. The molecule has 0 unspecified atom stereocenters. The Morgan fingerprint density at radius 3 is 2.47 bits per heavy atom. The van der Waals surface area contributed by atoms with E-state index in [0.29, 0.717) is 22.5 Å². The van der Waals surface area contributed by atoms with Crippen molar-refractivity contribution in [2.75, 3.05) is 18.2 Å². The van der Waals surface area contributed by atoms with Crippen LogP contribution >= 0.6 is 0 Å². The Morgan fingerprint density at radius 1 is 1.03 bits per heavy atom. The van der Waals surface area contributed by atoms with Gasteiger partial charge in [0.25, 0.3) is 10.0 Å². The number of nitrogen functional groups attached to an aromatic ring is 1. The van der Waals surface area contributed by atoms with Crippen LogP contribution in [0.5, 0.6) is 5.75 Å². The molecule has 30 heavy (non-hydrogen) atoms. The van der Waals surface area contributed by atoms with E-state index in [0.717, 1.165) is 9.66 Å². The van der Waals surface area contributed by atoms with E-state index < -0.39 is 10.0 Å². The van der Waals surface area contributed by atoms with Gasteiger partial charge in [0, 0.05) is 28.6 Å². The summed E-state index contributed by atoms with van der Waals surface area (Å²) in [6, 6.07) is 17.9. The van der Waals surface area contributed by atoms with Crippen molar-refractivity contribution in [3.63, 3.8) is 0 Å². The van der Waals surface area contributed by atoms with E-state index in [4.69, 9.17) is 10.5 Å². The fourth-order valence-corrected chi connectivity index (χ4v) is 4.59. The molecule has 3 aromatic carbocycles. The zero-order valence-electron chi connectivity index (χ0n) is 15.9. The summed E-state index contributed by atoms with van der Waals surface area (Å²) in [6.45, 7) is 0. The van der Waals surface area contributed by atoms with Crippen molar-refractivity contribution in [3.8, 4) is 5.75 Å². The minimum atomic E-state index is -3.96. The summed E-state index contributed by atoms with van der Waals surface area (Å²) in [5.41, 5.74) is 7.97. The number of ether oxygens (including phenoxy) is 1. The van der Waals surface area contributed by atoms with Gasteiger partial charge in [0.1, 0.15) is 11.4 Å². The number of hydrogen-bond donors (Lipinski definition) is 2. The zero-order chi connectivity index (χ0) is 21.3. The molecule has 4 rings (SSSR count). The molecule has 0 bridgehead atoms. The highest BCUT2D eigenvalue weighted by molar-refractivity contribution is 7.90. The highest BCUT2D eigenvalue weighted by Gasteiger charge is 2.22. The first-order valence-corrected chi connectivity index (χ1v) is 10.4. The lowest BCUT2D eigenvalue weighted by molar-refractivity contribution is 0.414. The van der Waals surface area contributed by atoms with Gasteiger partial charge in [0.15, 0.2) is 0 Å². The Bertz CT molecular complexity index is 1350. The number of methoxy groups -OCH3 is 1. The van der Waals surface area contributed by atoms with Crippen molar-refractivity contribution in [1.29, 1.82) is 0 Å². The minimum absolute atomic E-state index is 0.0187. The summed E-state index contributed by atoms with van der Waals surface area (Å²) in [4.78, 5) is 11.5. The maximum absolute atomic E-state index is 13.2. The number of nitrogens with zero attached hydrogens (tertiary/aromatic N) is 2. The Morgan fingerprint density at radius 2 is 1.80 bits per heavy atom. The molecule has 0 radical (unpaired) electrons. The number of fused-ring (bicyclic) bond motifs is 1. The summed E-state index contributed by atoms with van der Waals surface area (Å²) >= 11 is 0. The van der Waals surface area contributed by atoms with Crippen LogP contribution in [-0.2, 0) is 10.0 Å². The van der Waals surface area contributed by atoms with Gasteiger partial charge in [0.2, 0.25) is 0 Å². The smallest absolute Gasteiger partial charge is 0.268 e. The Hall–Kier alpha value is -3.85. The van der Waals surface area contributed by atoms with Gasteiger partial charge in [0.05, 0.1) is 17.5 Å². The summed E-state index contributed by atoms with van der Waals surface area (Å²) in [7, 11) is -2.46.